The molecule has 0 spiro atoms. The molecule has 0 bridgehead atoms. The van der Waals surface area contributed by atoms with Gasteiger partial charge in [0, 0.05) is 6.54 Å². The lowest BCUT2D eigenvalue weighted by Crippen LogP contribution is -2.41. The second-order valence-electron chi connectivity index (χ2n) is 7.60. The third kappa shape index (κ3) is 6.18. The minimum atomic E-state index is -3.87. The number of sulfonamides is 1. The zero-order valence-electron chi connectivity index (χ0n) is 17.9. The third-order valence-electron chi connectivity index (χ3n) is 4.99. The predicted octanol–water partition coefficient (Wildman–Crippen LogP) is 4.25. The number of carbonyl (C=O) groups is 1. The molecular weight excluding hydrogens is 408 g/mol. The Kier molecular flexibility index (Phi) is 7.47. The molecule has 0 atom stereocenters. The second-order valence-corrected chi connectivity index (χ2v) is 9.47. The van der Waals surface area contributed by atoms with Crippen molar-refractivity contribution in [2.75, 3.05) is 17.4 Å². The highest BCUT2D eigenvalue weighted by atomic mass is 32.2. The van der Waals surface area contributed by atoms with Crippen molar-refractivity contribution in [3.05, 3.63) is 95.6 Å². The van der Waals surface area contributed by atoms with Crippen LogP contribution in [0.5, 0.6) is 0 Å². The normalized spacial score (nSPS) is 11.2. The topological polar surface area (TPSA) is 66.5 Å². The summed E-state index contributed by atoms with van der Waals surface area (Å²) in [5.74, 6) is -0.329. The number of carbonyl (C=O) groups excluding carboxylic acids is 1. The summed E-state index contributed by atoms with van der Waals surface area (Å²) >= 11 is 0. The van der Waals surface area contributed by atoms with Crippen LogP contribution in [0.1, 0.15) is 23.1 Å². The molecule has 0 heterocycles. The third-order valence-corrected chi connectivity index (χ3v) is 6.78. The molecule has 0 saturated heterocycles. The standard InChI is InChI=1S/C25H28N2O3S/c1-20-13-15-23(16-14-20)27(31(29,30)24-11-4-3-5-12-24)19-25(28)26-17-7-10-22-9-6-8-21(2)18-22/h3-6,8-9,11-16,18H,7,10,17,19H2,1-2H3,(H,26,28). The number of benzene rings is 3. The minimum Gasteiger partial charge on any atom is -0.355 e. The smallest absolute Gasteiger partial charge is 0.264 e. The van der Waals surface area contributed by atoms with Crippen LogP contribution in [0.2, 0.25) is 0 Å². The number of aryl methyl sites for hydroxylation is 3. The van der Waals surface area contributed by atoms with Crippen LogP contribution in [0, 0.1) is 13.8 Å². The molecule has 0 aliphatic rings. The van der Waals surface area contributed by atoms with Crippen LogP contribution in [0.4, 0.5) is 5.69 Å². The molecule has 31 heavy (non-hydrogen) atoms. The molecule has 0 unspecified atom stereocenters. The first-order valence-corrected chi connectivity index (χ1v) is 11.8. The summed E-state index contributed by atoms with van der Waals surface area (Å²) in [6, 6.07) is 23.6. The van der Waals surface area contributed by atoms with Crippen molar-refractivity contribution in [2.45, 2.75) is 31.6 Å². The van der Waals surface area contributed by atoms with Crippen molar-refractivity contribution in [1.82, 2.24) is 5.32 Å². The Morgan fingerprint density at radius 1 is 0.871 bits per heavy atom. The molecule has 6 heteroatoms. The number of hydrogen-bond acceptors (Lipinski definition) is 3. The largest absolute Gasteiger partial charge is 0.355 e. The van der Waals surface area contributed by atoms with E-state index in [9.17, 15) is 13.2 Å². The predicted molar refractivity (Wildman–Crippen MR) is 125 cm³/mol. The molecule has 5 nitrogen and oxygen atoms in total. The molecular formula is C25H28N2O3S. The van der Waals surface area contributed by atoms with Crippen molar-refractivity contribution in [1.29, 1.82) is 0 Å². The number of nitrogens with one attached hydrogen (secondary N) is 1. The van der Waals surface area contributed by atoms with Crippen molar-refractivity contribution in [3.8, 4) is 0 Å². The first-order valence-electron chi connectivity index (χ1n) is 10.3. The van der Waals surface area contributed by atoms with Gasteiger partial charge in [0.05, 0.1) is 10.6 Å². The Hall–Kier alpha value is -3.12. The van der Waals surface area contributed by atoms with Crippen LogP contribution in [0.25, 0.3) is 0 Å². The fourth-order valence-electron chi connectivity index (χ4n) is 3.32. The van der Waals surface area contributed by atoms with Crippen LogP contribution < -0.4 is 9.62 Å². The van der Waals surface area contributed by atoms with Gasteiger partial charge in [-0.1, -0.05) is 65.7 Å². The molecule has 0 aromatic heterocycles. The summed E-state index contributed by atoms with van der Waals surface area (Å²) in [4.78, 5) is 12.8. The van der Waals surface area contributed by atoms with E-state index in [1.807, 2.05) is 25.1 Å². The average Bonchev–Trinajstić information content (AvgIpc) is 2.76. The lowest BCUT2D eigenvalue weighted by molar-refractivity contribution is -0.119. The van der Waals surface area contributed by atoms with E-state index in [1.54, 1.807) is 30.3 Å². The van der Waals surface area contributed by atoms with Gasteiger partial charge in [-0.15, -0.1) is 0 Å². The number of rotatable bonds is 9. The zero-order valence-corrected chi connectivity index (χ0v) is 18.7. The Morgan fingerprint density at radius 2 is 1.58 bits per heavy atom. The van der Waals surface area contributed by atoms with Gasteiger partial charge in [-0.3, -0.25) is 9.10 Å². The maximum atomic E-state index is 13.2. The van der Waals surface area contributed by atoms with Crippen LogP contribution in [-0.2, 0) is 21.2 Å². The van der Waals surface area contributed by atoms with Gasteiger partial charge in [-0.05, 0) is 56.5 Å². The highest BCUT2D eigenvalue weighted by Gasteiger charge is 2.26. The highest BCUT2D eigenvalue weighted by molar-refractivity contribution is 7.92. The monoisotopic (exact) mass is 436 g/mol. The van der Waals surface area contributed by atoms with Gasteiger partial charge in [0.2, 0.25) is 5.91 Å². The minimum absolute atomic E-state index is 0.155. The Morgan fingerprint density at radius 3 is 2.26 bits per heavy atom. The van der Waals surface area contributed by atoms with Crippen LogP contribution in [0.3, 0.4) is 0 Å². The maximum absolute atomic E-state index is 13.2. The van der Waals surface area contributed by atoms with Crippen molar-refractivity contribution in [2.24, 2.45) is 0 Å². The van der Waals surface area contributed by atoms with E-state index in [0.29, 0.717) is 12.2 Å². The quantitative estimate of drug-likeness (QED) is 0.510. The molecule has 3 aromatic rings. The van der Waals surface area contributed by atoms with E-state index in [4.69, 9.17) is 0 Å². The van der Waals surface area contributed by atoms with E-state index in [-0.39, 0.29) is 17.3 Å². The van der Waals surface area contributed by atoms with E-state index < -0.39 is 10.0 Å². The molecule has 0 fully saturated rings. The SMILES string of the molecule is Cc1ccc(N(CC(=O)NCCCc2cccc(C)c2)S(=O)(=O)c2ccccc2)cc1. The summed E-state index contributed by atoms with van der Waals surface area (Å²) in [6.45, 7) is 4.20. The number of amides is 1. The van der Waals surface area contributed by atoms with Crippen molar-refractivity contribution in [3.63, 3.8) is 0 Å². The lowest BCUT2D eigenvalue weighted by Gasteiger charge is -2.24. The van der Waals surface area contributed by atoms with E-state index in [0.717, 1.165) is 22.7 Å². The molecule has 1 amide bonds. The fourth-order valence-corrected chi connectivity index (χ4v) is 4.76. The summed E-state index contributed by atoms with van der Waals surface area (Å²) in [6.07, 6.45) is 1.64. The van der Waals surface area contributed by atoms with E-state index in [2.05, 4.69) is 30.4 Å². The van der Waals surface area contributed by atoms with Gasteiger partial charge in [-0.25, -0.2) is 8.42 Å². The Balaban J connectivity index is 1.68. The summed E-state index contributed by atoms with van der Waals surface area (Å²) in [5, 5.41) is 2.86. The van der Waals surface area contributed by atoms with Gasteiger partial charge in [-0.2, -0.15) is 0 Å². The Bertz CT molecular complexity index is 1110. The molecule has 0 saturated carbocycles. The number of nitrogens with zero attached hydrogens (tertiary/aromatic N) is 1. The van der Waals surface area contributed by atoms with Crippen LogP contribution in [-0.4, -0.2) is 27.4 Å². The average molecular weight is 437 g/mol. The zero-order chi connectivity index (χ0) is 22.3. The molecule has 0 aliphatic heterocycles. The molecule has 0 aliphatic carbocycles. The Labute approximate surface area is 184 Å². The molecule has 3 aromatic carbocycles. The van der Waals surface area contributed by atoms with Crippen LogP contribution in [0.15, 0.2) is 83.8 Å². The van der Waals surface area contributed by atoms with Crippen molar-refractivity contribution >= 4 is 21.6 Å². The number of anilines is 1. The fraction of sp³-hybridized carbons (Fsp3) is 0.240. The summed E-state index contributed by atoms with van der Waals surface area (Å²) in [5.41, 5.74) is 3.91. The highest BCUT2D eigenvalue weighted by Crippen LogP contribution is 2.23. The van der Waals surface area contributed by atoms with E-state index in [1.165, 1.54) is 23.3 Å². The van der Waals surface area contributed by atoms with E-state index >= 15 is 0 Å². The molecule has 0 radical (unpaired) electrons. The maximum Gasteiger partial charge on any atom is 0.264 e. The molecule has 1 N–H and O–H groups in total. The number of hydrogen-bond donors (Lipinski definition) is 1. The van der Waals surface area contributed by atoms with Gasteiger partial charge >= 0.3 is 0 Å². The molecule has 162 valence electrons. The van der Waals surface area contributed by atoms with Crippen molar-refractivity contribution < 1.29 is 13.2 Å². The van der Waals surface area contributed by atoms with Gasteiger partial charge in [0.15, 0.2) is 0 Å². The van der Waals surface area contributed by atoms with Crippen LogP contribution >= 0.6 is 0 Å². The second kappa shape index (κ2) is 10.3. The lowest BCUT2D eigenvalue weighted by atomic mass is 10.1. The van der Waals surface area contributed by atoms with Gasteiger partial charge < -0.3 is 5.32 Å². The summed E-state index contributed by atoms with van der Waals surface area (Å²) in [7, 11) is -3.87. The molecule has 3 rings (SSSR count). The first-order chi connectivity index (χ1) is 14.9. The first kappa shape index (κ1) is 22.6. The summed E-state index contributed by atoms with van der Waals surface area (Å²) < 4.78 is 27.7. The van der Waals surface area contributed by atoms with Gasteiger partial charge in [0.1, 0.15) is 6.54 Å². The van der Waals surface area contributed by atoms with Gasteiger partial charge in [0.25, 0.3) is 10.0 Å².